The molecule has 2 rings (SSSR count). The van der Waals surface area contributed by atoms with E-state index in [0.717, 1.165) is 42.1 Å². The largest absolute Gasteiger partial charge is 0.385 e. The van der Waals surface area contributed by atoms with E-state index in [1.807, 2.05) is 18.2 Å². The molecular formula is C15H21N3OS. The molecule has 3 N–H and O–H groups in total. The molecule has 0 aliphatic rings. The van der Waals surface area contributed by atoms with Gasteiger partial charge in [0.25, 0.3) is 0 Å². The Morgan fingerprint density at radius 3 is 2.85 bits per heavy atom. The van der Waals surface area contributed by atoms with E-state index in [1.54, 1.807) is 18.4 Å². The maximum atomic E-state index is 5.61. The van der Waals surface area contributed by atoms with Crippen LogP contribution in [0.3, 0.4) is 0 Å². The number of nitrogens with one attached hydrogen (secondary N) is 1. The summed E-state index contributed by atoms with van der Waals surface area (Å²) in [6.07, 6.45) is 2.85. The van der Waals surface area contributed by atoms with Crippen molar-refractivity contribution in [2.45, 2.75) is 25.3 Å². The minimum atomic E-state index is 0.250. The van der Waals surface area contributed by atoms with Crippen molar-refractivity contribution in [3.05, 3.63) is 40.7 Å². The fourth-order valence-electron chi connectivity index (χ4n) is 2.08. The van der Waals surface area contributed by atoms with Gasteiger partial charge in [-0.2, -0.15) is 0 Å². The Kier molecular flexibility index (Phi) is 6.14. The Bertz CT molecular complexity index is 501. The lowest BCUT2D eigenvalue weighted by molar-refractivity contribution is 0.188. The number of hydrogen-bond donors (Lipinski definition) is 2. The summed E-state index contributed by atoms with van der Waals surface area (Å²) in [5, 5.41) is 3.22. The van der Waals surface area contributed by atoms with Crippen LogP contribution in [-0.4, -0.2) is 24.7 Å². The lowest BCUT2D eigenvalue weighted by Gasteiger charge is -2.13. The summed E-state index contributed by atoms with van der Waals surface area (Å²) in [6, 6.07) is 10.5. The Hall–Kier alpha value is -1.27. The molecule has 1 heterocycles. The maximum absolute atomic E-state index is 5.61. The van der Waals surface area contributed by atoms with Crippen LogP contribution < -0.4 is 11.3 Å². The highest BCUT2D eigenvalue weighted by atomic mass is 32.1. The van der Waals surface area contributed by atoms with Crippen LogP contribution in [0.15, 0.2) is 35.7 Å². The minimum Gasteiger partial charge on any atom is -0.385 e. The second-order valence-corrected chi connectivity index (χ2v) is 5.64. The van der Waals surface area contributed by atoms with Crippen LogP contribution in [0.2, 0.25) is 0 Å². The summed E-state index contributed by atoms with van der Waals surface area (Å²) in [5.41, 5.74) is 5.07. The van der Waals surface area contributed by atoms with Gasteiger partial charge in [0.15, 0.2) is 0 Å². The van der Waals surface area contributed by atoms with Crippen molar-refractivity contribution in [3.63, 3.8) is 0 Å². The van der Waals surface area contributed by atoms with E-state index in [0.29, 0.717) is 0 Å². The number of ether oxygens (including phenoxy) is 1. The van der Waals surface area contributed by atoms with Gasteiger partial charge in [0.05, 0.1) is 10.7 Å². The molecule has 1 unspecified atom stereocenters. The van der Waals surface area contributed by atoms with Gasteiger partial charge in [0.1, 0.15) is 0 Å². The molecule has 0 aliphatic carbocycles. The molecule has 1 aromatic carbocycles. The van der Waals surface area contributed by atoms with Crippen molar-refractivity contribution in [1.29, 1.82) is 0 Å². The number of hydrogen-bond acceptors (Lipinski definition) is 5. The molecule has 0 bridgehead atoms. The highest BCUT2D eigenvalue weighted by Crippen LogP contribution is 2.22. The van der Waals surface area contributed by atoms with E-state index in [1.165, 1.54) is 0 Å². The maximum Gasteiger partial charge on any atom is 0.0948 e. The number of thiazole rings is 1. The molecule has 108 valence electrons. The smallest absolute Gasteiger partial charge is 0.0948 e. The lowest BCUT2D eigenvalue weighted by atomic mass is 10.1. The van der Waals surface area contributed by atoms with Crippen LogP contribution in [-0.2, 0) is 11.2 Å². The fraction of sp³-hybridized carbons (Fsp3) is 0.400. The summed E-state index contributed by atoms with van der Waals surface area (Å²) in [7, 11) is 1.72. The molecule has 20 heavy (non-hydrogen) atoms. The van der Waals surface area contributed by atoms with Crippen molar-refractivity contribution in [3.8, 4) is 11.3 Å². The van der Waals surface area contributed by atoms with Gasteiger partial charge in [-0.25, -0.2) is 4.98 Å². The zero-order valence-electron chi connectivity index (χ0n) is 11.7. The van der Waals surface area contributed by atoms with Gasteiger partial charge in [0.2, 0.25) is 0 Å². The molecule has 0 amide bonds. The highest BCUT2D eigenvalue weighted by molar-refractivity contribution is 7.09. The Balaban J connectivity index is 1.94. The first-order valence-corrected chi connectivity index (χ1v) is 7.66. The molecule has 0 spiro atoms. The van der Waals surface area contributed by atoms with E-state index in [4.69, 9.17) is 10.6 Å². The lowest BCUT2D eigenvalue weighted by Crippen LogP contribution is -2.36. The monoisotopic (exact) mass is 291 g/mol. The van der Waals surface area contributed by atoms with E-state index < -0.39 is 0 Å². The van der Waals surface area contributed by atoms with Gasteiger partial charge in [-0.1, -0.05) is 30.3 Å². The topological polar surface area (TPSA) is 60.2 Å². The third-order valence-corrected chi connectivity index (χ3v) is 4.05. The zero-order valence-corrected chi connectivity index (χ0v) is 12.5. The van der Waals surface area contributed by atoms with E-state index >= 15 is 0 Å². The third kappa shape index (κ3) is 4.38. The highest BCUT2D eigenvalue weighted by Gasteiger charge is 2.11. The van der Waals surface area contributed by atoms with E-state index in [2.05, 4.69) is 27.9 Å². The zero-order chi connectivity index (χ0) is 14.2. The van der Waals surface area contributed by atoms with Crippen molar-refractivity contribution in [2.75, 3.05) is 13.7 Å². The Labute approximate surface area is 124 Å². The first-order valence-electron chi connectivity index (χ1n) is 6.78. The van der Waals surface area contributed by atoms with Crippen LogP contribution >= 0.6 is 11.3 Å². The molecule has 4 nitrogen and oxygen atoms in total. The van der Waals surface area contributed by atoms with Gasteiger partial charge in [-0.3, -0.25) is 11.3 Å². The van der Waals surface area contributed by atoms with Crippen LogP contribution in [0.1, 0.15) is 17.8 Å². The fourth-order valence-corrected chi connectivity index (χ4v) is 2.96. The number of nitrogens with two attached hydrogens (primary N) is 1. The molecular weight excluding hydrogens is 270 g/mol. The quantitative estimate of drug-likeness (QED) is 0.446. The van der Waals surface area contributed by atoms with E-state index in [9.17, 15) is 0 Å². The number of nitrogens with zero attached hydrogens (tertiary/aromatic N) is 1. The number of rotatable bonds is 8. The predicted molar refractivity (Wildman–Crippen MR) is 83.5 cm³/mol. The summed E-state index contributed by atoms with van der Waals surface area (Å²) in [4.78, 5) is 4.69. The second-order valence-electron chi connectivity index (χ2n) is 4.70. The second kappa shape index (κ2) is 8.11. The predicted octanol–water partition coefficient (Wildman–Crippen LogP) is 2.61. The summed E-state index contributed by atoms with van der Waals surface area (Å²) < 4.78 is 5.07. The number of aromatic nitrogens is 1. The normalized spacial score (nSPS) is 12.5. The number of benzene rings is 1. The van der Waals surface area contributed by atoms with Crippen LogP contribution in [0.5, 0.6) is 0 Å². The van der Waals surface area contributed by atoms with Gasteiger partial charge in [-0.05, 0) is 12.8 Å². The molecule has 0 aliphatic heterocycles. The van der Waals surface area contributed by atoms with Crippen LogP contribution in [0.4, 0.5) is 0 Å². The third-order valence-electron chi connectivity index (χ3n) is 3.18. The molecule has 0 radical (unpaired) electrons. The summed E-state index contributed by atoms with van der Waals surface area (Å²) >= 11 is 1.69. The average Bonchev–Trinajstić information content (AvgIpc) is 2.96. The van der Waals surface area contributed by atoms with Crippen molar-refractivity contribution < 1.29 is 4.74 Å². The average molecular weight is 291 g/mol. The summed E-state index contributed by atoms with van der Waals surface area (Å²) in [5.74, 6) is 5.61. The Morgan fingerprint density at radius 1 is 1.35 bits per heavy atom. The molecule has 0 saturated heterocycles. The Morgan fingerprint density at radius 2 is 2.15 bits per heavy atom. The first kappa shape index (κ1) is 15.1. The number of hydrazine groups is 1. The van der Waals surface area contributed by atoms with Crippen molar-refractivity contribution in [2.24, 2.45) is 5.84 Å². The first-order chi connectivity index (χ1) is 9.83. The molecule has 1 aromatic heterocycles. The van der Waals surface area contributed by atoms with Crippen LogP contribution in [0, 0.1) is 0 Å². The molecule has 0 fully saturated rings. The van der Waals surface area contributed by atoms with Crippen molar-refractivity contribution in [1.82, 2.24) is 10.4 Å². The van der Waals surface area contributed by atoms with Gasteiger partial charge >= 0.3 is 0 Å². The molecule has 0 saturated carbocycles. The molecule has 1 atom stereocenters. The SMILES string of the molecule is COCCCC(Cc1nc(-c2ccccc2)cs1)NN. The van der Waals surface area contributed by atoms with Crippen LogP contribution in [0.25, 0.3) is 11.3 Å². The van der Waals surface area contributed by atoms with Crippen molar-refractivity contribution >= 4 is 11.3 Å². The molecule has 2 aromatic rings. The number of methoxy groups -OCH3 is 1. The van der Waals surface area contributed by atoms with Gasteiger partial charge in [-0.15, -0.1) is 11.3 Å². The van der Waals surface area contributed by atoms with Gasteiger partial charge < -0.3 is 4.74 Å². The summed E-state index contributed by atoms with van der Waals surface area (Å²) in [6.45, 7) is 0.769. The molecule has 5 heteroatoms. The van der Waals surface area contributed by atoms with E-state index in [-0.39, 0.29) is 6.04 Å². The minimum absolute atomic E-state index is 0.250. The standard InChI is InChI=1S/C15H21N3OS/c1-19-9-5-8-13(18-16)10-15-17-14(11-20-15)12-6-3-2-4-7-12/h2-4,6-7,11,13,18H,5,8-10,16H2,1H3. The van der Waals surface area contributed by atoms with Gasteiger partial charge in [0, 0.05) is 37.1 Å².